The number of hydrogen-bond donors (Lipinski definition) is 2. The van der Waals surface area contributed by atoms with Crippen LogP contribution < -0.4 is 4.72 Å². The van der Waals surface area contributed by atoms with E-state index >= 15 is 0 Å². The van der Waals surface area contributed by atoms with Gasteiger partial charge in [-0.25, -0.2) is 13.1 Å². The van der Waals surface area contributed by atoms with Crippen LogP contribution in [-0.2, 0) is 15.6 Å². The highest BCUT2D eigenvalue weighted by molar-refractivity contribution is 9.10. The first-order valence-corrected chi connectivity index (χ1v) is 8.99. The van der Waals surface area contributed by atoms with Crippen LogP contribution in [0.2, 0.25) is 0 Å². The summed E-state index contributed by atoms with van der Waals surface area (Å²) in [6.07, 6.45) is 0. The summed E-state index contributed by atoms with van der Waals surface area (Å²) in [7, 11) is -3.67. The number of benzene rings is 1. The van der Waals surface area contributed by atoms with Gasteiger partial charge in [-0.05, 0) is 46.4 Å². The van der Waals surface area contributed by atoms with E-state index in [4.69, 9.17) is 0 Å². The summed E-state index contributed by atoms with van der Waals surface area (Å²) in [4.78, 5) is 0.870. The fourth-order valence-corrected chi connectivity index (χ4v) is 4.57. The normalized spacial score (nSPS) is 14.9. The summed E-state index contributed by atoms with van der Waals surface area (Å²) in [5, 5.41) is 12.2. The lowest BCUT2D eigenvalue weighted by Gasteiger charge is -2.22. The molecule has 0 aliphatic carbocycles. The van der Waals surface area contributed by atoms with E-state index in [1.807, 2.05) is 11.4 Å². The van der Waals surface area contributed by atoms with Crippen LogP contribution in [0.1, 0.15) is 11.8 Å². The molecular weight excluding hydrogens is 362 g/mol. The van der Waals surface area contributed by atoms with E-state index in [1.54, 1.807) is 31.2 Å². The molecule has 0 aliphatic heterocycles. The van der Waals surface area contributed by atoms with Gasteiger partial charge in [-0.3, -0.25) is 0 Å². The topological polar surface area (TPSA) is 66.4 Å². The molecule has 2 aromatic rings. The Morgan fingerprint density at radius 3 is 2.60 bits per heavy atom. The Morgan fingerprint density at radius 1 is 1.30 bits per heavy atom. The quantitative estimate of drug-likeness (QED) is 0.843. The summed E-state index contributed by atoms with van der Waals surface area (Å²) in [6, 6.07) is 10.1. The van der Waals surface area contributed by atoms with Gasteiger partial charge in [-0.1, -0.05) is 18.2 Å². The van der Waals surface area contributed by atoms with Gasteiger partial charge in [-0.2, -0.15) is 0 Å². The van der Waals surface area contributed by atoms with Crippen LogP contribution in [0.4, 0.5) is 0 Å². The summed E-state index contributed by atoms with van der Waals surface area (Å²) in [6.45, 7) is 1.50. The maximum absolute atomic E-state index is 12.2. The first-order valence-electron chi connectivity index (χ1n) is 5.83. The number of thiophene rings is 1. The summed E-state index contributed by atoms with van der Waals surface area (Å²) >= 11 is 4.60. The third kappa shape index (κ3) is 3.48. The van der Waals surface area contributed by atoms with Crippen LogP contribution in [0.25, 0.3) is 0 Å². The second kappa shape index (κ2) is 5.95. The lowest BCUT2D eigenvalue weighted by atomic mass is 10.1. The zero-order valence-electron chi connectivity index (χ0n) is 10.7. The van der Waals surface area contributed by atoms with E-state index in [1.165, 1.54) is 17.4 Å². The SMILES string of the molecule is C[C@](O)(CNS(=O)(=O)c1ccccc1Br)c1cccs1. The molecule has 2 rings (SSSR count). The summed E-state index contributed by atoms with van der Waals surface area (Å²) < 4.78 is 27.4. The molecule has 0 radical (unpaired) electrons. The van der Waals surface area contributed by atoms with Gasteiger partial charge >= 0.3 is 0 Å². The van der Waals surface area contributed by atoms with Crippen molar-refractivity contribution in [3.8, 4) is 0 Å². The molecule has 1 aromatic carbocycles. The number of nitrogens with one attached hydrogen (secondary N) is 1. The molecule has 0 fully saturated rings. The lowest BCUT2D eigenvalue weighted by Crippen LogP contribution is -2.38. The zero-order chi connectivity index (χ0) is 14.8. The Kier molecular flexibility index (Phi) is 4.66. The molecule has 1 atom stereocenters. The number of rotatable bonds is 5. The molecule has 1 heterocycles. The van der Waals surface area contributed by atoms with E-state index in [9.17, 15) is 13.5 Å². The molecular formula is C13H14BrNO3S2. The second-order valence-electron chi connectivity index (χ2n) is 4.51. The van der Waals surface area contributed by atoms with Gasteiger partial charge in [0.15, 0.2) is 0 Å². The number of halogens is 1. The molecule has 20 heavy (non-hydrogen) atoms. The van der Waals surface area contributed by atoms with Crippen LogP contribution >= 0.6 is 27.3 Å². The average Bonchev–Trinajstić information content (AvgIpc) is 2.92. The number of hydrogen-bond acceptors (Lipinski definition) is 4. The Labute approximate surface area is 130 Å². The first-order chi connectivity index (χ1) is 9.33. The van der Waals surface area contributed by atoms with Gasteiger partial charge in [0, 0.05) is 15.9 Å². The molecule has 0 saturated carbocycles. The highest BCUT2D eigenvalue weighted by Gasteiger charge is 2.27. The summed E-state index contributed by atoms with van der Waals surface area (Å²) in [5.41, 5.74) is -1.23. The highest BCUT2D eigenvalue weighted by Crippen LogP contribution is 2.26. The minimum absolute atomic E-state index is 0.0861. The minimum atomic E-state index is -3.67. The van der Waals surface area contributed by atoms with Crippen LogP contribution in [-0.4, -0.2) is 20.1 Å². The maximum atomic E-state index is 12.2. The van der Waals surface area contributed by atoms with Crippen LogP contribution in [0.5, 0.6) is 0 Å². The molecule has 4 nitrogen and oxygen atoms in total. The maximum Gasteiger partial charge on any atom is 0.241 e. The third-order valence-corrected chi connectivity index (χ3v) is 6.32. The standard InChI is InChI=1S/C13H14BrNO3S2/c1-13(16,12-7-4-8-19-12)9-15-20(17,18)11-6-3-2-5-10(11)14/h2-8,15-16H,9H2,1H3/t13-/m0/s1. The van der Waals surface area contributed by atoms with Crippen molar-refractivity contribution < 1.29 is 13.5 Å². The molecule has 108 valence electrons. The molecule has 0 spiro atoms. The molecule has 0 saturated heterocycles. The Hall–Kier alpha value is -0.730. The van der Waals surface area contributed by atoms with E-state index < -0.39 is 15.6 Å². The summed E-state index contributed by atoms with van der Waals surface area (Å²) in [5.74, 6) is 0. The largest absolute Gasteiger partial charge is 0.383 e. The van der Waals surface area contributed by atoms with Crippen molar-refractivity contribution in [2.75, 3.05) is 6.54 Å². The predicted molar refractivity (Wildman–Crippen MR) is 83.2 cm³/mol. The molecule has 0 unspecified atom stereocenters. The number of sulfonamides is 1. The van der Waals surface area contributed by atoms with Gasteiger partial charge in [-0.15, -0.1) is 11.3 Å². The Bertz CT molecular complexity index is 681. The average molecular weight is 376 g/mol. The molecule has 0 bridgehead atoms. The monoisotopic (exact) mass is 375 g/mol. The van der Waals surface area contributed by atoms with Crippen LogP contribution in [0, 0.1) is 0 Å². The molecule has 7 heteroatoms. The van der Waals surface area contributed by atoms with Crippen molar-refractivity contribution >= 4 is 37.3 Å². The van der Waals surface area contributed by atoms with Gasteiger partial charge in [0.05, 0.1) is 4.90 Å². The molecule has 2 N–H and O–H groups in total. The van der Waals surface area contributed by atoms with Crippen LogP contribution in [0.3, 0.4) is 0 Å². The van der Waals surface area contributed by atoms with Gasteiger partial charge in [0.1, 0.15) is 5.60 Å². The van der Waals surface area contributed by atoms with Gasteiger partial charge < -0.3 is 5.11 Å². The Balaban J connectivity index is 2.17. The highest BCUT2D eigenvalue weighted by atomic mass is 79.9. The fraction of sp³-hybridized carbons (Fsp3) is 0.231. The lowest BCUT2D eigenvalue weighted by molar-refractivity contribution is 0.0666. The van der Waals surface area contributed by atoms with E-state index in [0.717, 1.165) is 0 Å². The van der Waals surface area contributed by atoms with Gasteiger partial charge in [0.2, 0.25) is 10.0 Å². The van der Waals surface area contributed by atoms with Crippen molar-refractivity contribution in [1.82, 2.24) is 4.72 Å². The zero-order valence-corrected chi connectivity index (χ0v) is 13.9. The van der Waals surface area contributed by atoms with Crippen molar-refractivity contribution in [2.24, 2.45) is 0 Å². The van der Waals surface area contributed by atoms with Gasteiger partial charge in [0.25, 0.3) is 0 Å². The third-order valence-electron chi connectivity index (χ3n) is 2.78. The van der Waals surface area contributed by atoms with Crippen molar-refractivity contribution in [3.63, 3.8) is 0 Å². The van der Waals surface area contributed by atoms with E-state index in [-0.39, 0.29) is 11.4 Å². The van der Waals surface area contributed by atoms with Crippen LogP contribution in [0.15, 0.2) is 51.1 Å². The van der Waals surface area contributed by atoms with E-state index in [2.05, 4.69) is 20.7 Å². The van der Waals surface area contributed by atoms with E-state index in [0.29, 0.717) is 9.35 Å². The minimum Gasteiger partial charge on any atom is -0.383 e. The van der Waals surface area contributed by atoms with Crippen molar-refractivity contribution in [2.45, 2.75) is 17.4 Å². The predicted octanol–water partition coefficient (Wildman–Crippen LogP) is 2.70. The first kappa shape index (κ1) is 15.7. The number of aliphatic hydroxyl groups is 1. The molecule has 0 amide bonds. The van der Waals surface area contributed by atoms with Crippen molar-refractivity contribution in [1.29, 1.82) is 0 Å². The second-order valence-corrected chi connectivity index (χ2v) is 8.04. The Morgan fingerprint density at radius 2 is 2.00 bits per heavy atom. The fourth-order valence-electron chi connectivity index (χ4n) is 1.65. The molecule has 0 aliphatic rings. The van der Waals surface area contributed by atoms with Crippen molar-refractivity contribution in [3.05, 3.63) is 51.1 Å². The smallest absolute Gasteiger partial charge is 0.241 e. The molecule has 1 aromatic heterocycles.